The standard InChI is InChI=1S/C22H25N3O4/c1-2-29-17-7-5-6-16(14-17)25-21(27)15-19(22(25)28)24-12-10-23(11-13-24)18-8-3-4-9-20(18)26/h3-9,14,19,26H,2,10-13,15H2,1H3/p+1/t19-/m0/s1. The zero-order valence-electron chi connectivity index (χ0n) is 16.5. The number of quaternary nitrogens is 1. The maximum Gasteiger partial charge on any atom is 0.292 e. The van der Waals surface area contributed by atoms with Gasteiger partial charge in [0.2, 0.25) is 5.91 Å². The Balaban J connectivity index is 1.44. The third-order valence-corrected chi connectivity index (χ3v) is 5.65. The highest BCUT2D eigenvalue weighted by Crippen LogP contribution is 2.27. The van der Waals surface area contributed by atoms with Gasteiger partial charge in [0.1, 0.15) is 11.5 Å². The Morgan fingerprint density at radius 2 is 1.86 bits per heavy atom. The van der Waals surface area contributed by atoms with Crippen LogP contribution in [0, 0.1) is 0 Å². The Morgan fingerprint density at radius 3 is 2.59 bits per heavy atom. The van der Waals surface area contributed by atoms with Crippen LogP contribution in [0.4, 0.5) is 11.4 Å². The molecule has 2 heterocycles. The molecule has 1 atom stereocenters. The highest BCUT2D eigenvalue weighted by molar-refractivity contribution is 6.21. The first-order valence-corrected chi connectivity index (χ1v) is 10.1. The minimum absolute atomic E-state index is 0.144. The van der Waals surface area contributed by atoms with Crippen molar-refractivity contribution in [3.05, 3.63) is 48.5 Å². The van der Waals surface area contributed by atoms with Gasteiger partial charge >= 0.3 is 0 Å². The molecule has 0 aliphatic carbocycles. The number of hydrogen-bond donors (Lipinski definition) is 2. The second kappa shape index (κ2) is 8.13. The summed E-state index contributed by atoms with van der Waals surface area (Å²) in [5.74, 6) is 0.611. The van der Waals surface area contributed by atoms with Gasteiger partial charge in [-0.2, -0.15) is 0 Å². The van der Waals surface area contributed by atoms with Gasteiger partial charge in [0.05, 0.1) is 50.6 Å². The van der Waals surface area contributed by atoms with Crippen LogP contribution < -0.4 is 19.4 Å². The molecular formula is C22H26N3O4+. The normalized spacial score (nSPS) is 20.4. The van der Waals surface area contributed by atoms with E-state index in [2.05, 4.69) is 4.90 Å². The number of rotatable bonds is 5. The Bertz CT molecular complexity index is 908. The number of piperazine rings is 1. The summed E-state index contributed by atoms with van der Waals surface area (Å²) in [6.07, 6.45) is 0.226. The zero-order valence-corrected chi connectivity index (χ0v) is 16.5. The van der Waals surface area contributed by atoms with Gasteiger partial charge in [0.25, 0.3) is 5.91 Å². The highest BCUT2D eigenvalue weighted by atomic mass is 16.5. The van der Waals surface area contributed by atoms with E-state index in [0.29, 0.717) is 18.0 Å². The number of phenols is 1. The molecule has 0 bridgehead atoms. The van der Waals surface area contributed by atoms with Crippen LogP contribution in [-0.4, -0.2) is 55.7 Å². The molecule has 7 heteroatoms. The SMILES string of the molecule is CCOc1cccc(N2C(=O)C[C@H]([NH+]3CCN(c4ccccc4O)CC3)C2=O)c1. The molecule has 2 fully saturated rings. The third kappa shape index (κ3) is 3.78. The largest absolute Gasteiger partial charge is 0.506 e. The number of nitrogens with zero attached hydrogens (tertiary/aromatic N) is 2. The number of ether oxygens (including phenoxy) is 1. The summed E-state index contributed by atoms with van der Waals surface area (Å²) >= 11 is 0. The molecule has 7 nitrogen and oxygen atoms in total. The fourth-order valence-electron chi connectivity index (χ4n) is 4.22. The minimum atomic E-state index is -0.357. The maximum atomic E-state index is 13.1. The van der Waals surface area contributed by atoms with Crippen molar-refractivity contribution in [1.29, 1.82) is 0 Å². The number of imide groups is 1. The van der Waals surface area contributed by atoms with Crippen LogP contribution in [0.15, 0.2) is 48.5 Å². The average molecular weight is 396 g/mol. The molecule has 2 saturated heterocycles. The summed E-state index contributed by atoms with van der Waals surface area (Å²) in [4.78, 5) is 30.3. The number of carbonyl (C=O) groups is 2. The Hall–Kier alpha value is -3.06. The van der Waals surface area contributed by atoms with Crippen molar-refractivity contribution >= 4 is 23.2 Å². The number of para-hydroxylation sites is 2. The van der Waals surface area contributed by atoms with Gasteiger partial charge in [0, 0.05) is 6.07 Å². The number of benzene rings is 2. The second-order valence-corrected chi connectivity index (χ2v) is 7.39. The van der Waals surface area contributed by atoms with E-state index in [1.54, 1.807) is 30.3 Å². The van der Waals surface area contributed by atoms with E-state index < -0.39 is 0 Å². The van der Waals surface area contributed by atoms with Gasteiger partial charge in [-0.3, -0.25) is 9.59 Å². The Labute approximate surface area is 170 Å². The first kappa shape index (κ1) is 19.3. The van der Waals surface area contributed by atoms with Crippen LogP contribution in [0.1, 0.15) is 13.3 Å². The van der Waals surface area contributed by atoms with Crippen molar-refractivity contribution < 1.29 is 24.3 Å². The summed E-state index contributed by atoms with van der Waals surface area (Å²) in [6, 6.07) is 14.1. The highest BCUT2D eigenvalue weighted by Gasteiger charge is 2.46. The van der Waals surface area contributed by atoms with Gasteiger partial charge in [0.15, 0.2) is 6.04 Å². The first-order valence-electron chi connectivity index (χ1n) is 10.1. The van der Waals surface area contributed by atoms with Crippen LogP contribution in [-0.2, 0) is 9.59 Å². The lowest BCUT2D eigenvalue weighted by molar-refractivity contribution is -0.915. The quantitative estimate of drug-likeness (QED) is 0.733. The second-order valence-electron chi connectivity index (χ2n) is 7.39. The van der Waals surface area contributed by atoms with Gasteiger partial charge in [-0.15, -0.1) is 0 Å². The molecule has 0 aromatic heterocycles. The average Bonchev–Trinajstić information content (AvgIpc) is 3.03. The maximum absolute atomic E-state index is 13.1. The van der Waals surface area contributed by atoms with Gasteiger partial charge in [-0.1, -0.05) is 18.2 Å². The molecule has 2 amide bonds. The molecule has 29 heavy (non-hydrogen) atoms. The molecule has 0 radical (unpaired) electrons. The van der Waals surface area contributed by atoms with Crippen LogP contribution in [0.5, 0.6) is 11.5 Å². The lowest BCUT2D eigenvalue weighted by Crippen LogP contribution is -3.19. The van der Waals surface area contributed by atoms with Crippen LogP contribution in [0.3, 0.4) is 0 Å². The molecule has 152 valence electrons. The molecule has 2 aromatic rings. The van der Waals surface area contributed by atoms with Gasteiger partial charge < -0.3 is 19.6 Å². The molecule has 2 aromatic carbocycles. The molecule has 2 aliphatic heterocycles. The number of phenolic OH excluding ortho intramolecular Hbond substituents is 1. The summed E-state index contributed by atoms with van der Waals surface area (Å²) in [7, 11) is 0. The summed E-state index contributed by atoms with van der Waals surface area (Å²) < 4.78 is 5.50. The van der Waals surface area contributed by atoms with Gasteiger partial charge in [-0.05, 0) is 31.2 Å². The van der Waals surface area contributed by atoms with Crippen molar-refractivity contribution in [2.75, 3.05) is 42.6 Å². The van der Waals surface area contributed by atoms with E-state index in [0.717, 1.165) is 36.8 Å². The Morgan fingerprint density at radius 1 is 1.10 bits per heavy atom. The number of carbonyl (C=O) groups excluding carboxylic acids is 2. The van der Waals surface area contributed by atoms with Crippen molar-refractivity contribution in [2.45, 2.75) is 19.4 Å². The number of amides is 2. The van der Waals surface area contributed by atoms with Crippen LogP contribution in [0.2, 0.25) is 0 Å². The van der Waals surface area contributed by atoms with E-state index in [-0.39, 0.29) is 30.0 Å². The van der Waals surface area contributed by atoms with E-state index in [9.17, 15) is 14.7 Å². The van der Waals surface area contributed by atoms with E-state index in [4.69, 9.17) is 4.74 Å². The number of nitrogens with one attached hydrogen (secondary N) is 1. The minimum Gasteiger partial charge on any atom is -0.506 e. The fraction of sp³-hybridized carbons (Fsp3) is 0.364. The van der Waals surface area contributed by atoms with Crippen LogP contribution >= 0.6 is 0 Å². The zero-order chi connectivity index (χ0) is 20.4. The van der Waals surface area contributed by atoms with Crippen molar-refractivity contribution in [2.24, 2.45) is 0 Å². The molecule has 2 N–H and O–H groups in total. The Kier molecular flexibility index (Phi) is 5.40. The number of hydrogen-bond acceptors (Lipinski definition) is 5. The van der Waals surface area contributed by atoms with Crippen LogP contribution in [0.25, 0.3) is 0 Å². The lowest BCUT2D eigenvalue weighted by atomic mass is 10.1. The molecular weight excluding hydrogens is 370 g/mol. The first-order chi connectivity index (χ1) is 14.1. The van der Waals surface area contributed by atoms with E-state index in [1.165, 1.54) is 4.90 Å². The lowest BCUT2D eigenvalue weighted by Gasteiger charge is -2.35. The molecule has 2 aliphatic rings. The topological polar surface area (TPSA) is 74.5 Å². The molecule has 0 saturated carbocycles. The third-order valence-electron chi connectivity index (χ3n) is 5.65. The summed E-state index contributed by atoms with van der Waals surface area (Å²) in [5.41, 5.74) is 1.38. The van der Waals surface area contributed by atoms with E-state index >= 15 is 0 Å². The smallest absolute Gasteiger partial charge is 0.292 e. The predicted molar refractivity (Wildman–Crippen MR) is 110 cm³/mol. The predicted octanol–water partition coefficient (Wildman–Crippen LogP) is 0.828. The van der Waals surface area contributed by atoms with Crippen molar-refractivity contribution in [3.63, 3.8) is 0 Å². The number of anilines is 2. The summed E-state index contributed by atoms with van der Waals surface area (Å²) in [5, 5.41) is 10.1. The molecule has 0 spiro atoms. The monoisotopic (exact) mass is 396 g/mol. The molecule has 0 unspecified atom stereocenters. The molecule has 4 rings (SSSR count). The van der Waals surface area contributed by atoms with Crippen molar-refractivity contribution in [3.8, 4) is 11.5 Å². The fourth-order valence-corrected chi connectivity index (χ4v) is 4.22. The van der Waals surface area contributed by atoms with Crippen molar-refractivity contribution in [1.82, 2.24) is 0 Å². The van der Waals surface area contributed by atoms with Gasteiger partial charge in [-0.25, -0.2) is 4.90 Å². The number of aromatic hydroxyl groups is 1. The van der Waals surface area contributed by atoms with E-state index in [1.807, 2.05) is 25.1 Å². The summed E-state index contributed by atoms with van der Waals surface area (Å²) in [6.45, 7) is 5.36.